The van der Waals surface area contributed by atoms with Crippen LogP contribution in [0.1, 0.15) is 82.1 Å². The van der Waals surface area contributed by atoms with E-state index >= 15 is 4.39 Å². The molecule has 5 rings (SSSR count). The number of piperidine rings is 3. The van der Waals surface area contributed by atoms with Gasteiger partial charge in [-0.25, -0.2) is 9.18 Å². The number of ether oxygens (including phenoxy) is 1. The zero-order valence-electron chi connectivity index (χ0n) is 21.6. The maximum absolute atomic E-state index is 15.0. The summed E-state index contributed by atoms with van der Waals surface area (Å²) in [5.41, 5.74) is 1.29. The quantitative estimate of drug-likeness (QED) is 0.574. The van der Waals surface area contributed by atoms with Gasteiger partial charge in [0, 0.05) is 31.2 Å². The van der Waals surface area contributed by atoms with E-state index in [2.05, 4.69) is 15.5 Å². The Balaban J connectivity index is 1.07. The minimum absolute atomic E-state index is 0.0978. The van der Waals surface area contributed by atoms with Crippen LogP contribution in [0.25, 0.3) is 0 Å². The minimum Gasteiger partial charge on any atom is -0.446 e. The van der Waals surface area contributed by atoms with Gasteiger partial charge in [0.2, 0.25) is 11.8 Å². The molecule has 0 radical (unpaired) electrons. The Morgan fingerprint density at radius 3 is 2.35 bits per heavy atom. The first-order chi connectivity index (χ1) is 18.0. The van der Waals surface area contributed by atoms with Crippen LogP contribution in [-0.2, 0) is 14.3 Å². The number of carbonyl (C=O) groups is 3. The molecule has 4 fully saturated rings. The first-order valence-electron chi connectivity index (χ1n) is 14.1. The van der Waals surface area contributed by atoms with Crippen molar-refractivity contribution in [3.8, 4) is 0 Å². The van der Waals surface area contributed by atoms with Gasteiger partial charge >= 0.3 is 6.09 Å². The summed E-state index contributed by atoms with van der Waals surface area (Å²) in [5.74, 6) is -0.703. The first-order valence-corrected chi connectivity index (χ1v) is 14.1. The number of likely N-dealkylation sites (tertiary alicyclic amines) is 2. The van der Waals surface area contributed by atoms with Gasteiger partial charge in [0.1, 0.15) is 18.0 Å². The molecule has 1 unspecified atom stereocenters. The molecular formula is C28H39FN4O4. The number of benzene rings is 1. The molecule has 2 N–H and O–H groups in total. The van der Waals surface area contributed by atoms with E-state index in [0.29, 0.717) is 18.2 Å². The number of nitrogens with zero attached hydrogens (tertiary/aromatic N) is 2. The summed E-state index contributed by atoms with van der Waals surface area (Å²) < 4.78 is 20.8. The normalized spacial score (nSPS) is 25.1. The molecule has 1 atom stereocenters. The second kappa shape index (κ2) is 11.8. The number of carbonyl (C=O) groups excluding carboxylic acids is 3. The Morgan fingerprint density at radius 2 is 1.68 bits per heavy atom. The largest absolute Gasteiger partial charge is 0.446 e. The number of anilines is 1. The third kappa shape index (κ3) is 6.43. The van der Waals surface area contributed by atoms with E-state index < -0.39 is 6.04 Å². The highest BCUT2D eigenvalue weighted by Crippen LogP contribution is 2.33. The average molecular weight is 515 g/mol. The van der Waals surface area contributed by atoms with Crippen molar-refractivity contribution >= 4 is 23.6 Å². The van der Waals surface area contributed by atoms with Gasteiger partial charge in [0.15, 0.2) is 0 Å². The second-order valence-electron chi connectivity index (χ2n) is 11.1. The van der Waals surface area contributed by atoms with Gasteiger partial charge in [0.05, 0.1) is 0 Å². The topological polar surface area (TPSA) is 91.0 Å². The molecule has 1 aromatic rings. The lowest BCUT2D eigenvalue weighted by atomic mass is 9.87. The SMILES string of the molecule is O=C1CCC(Nc2ccc(C3CCN(C4CCN(C(=O)OC5CCCCC5)CC4)CC3)c(F)c2)C(=O)N1. The van der Waals surface area contributed by atoms with Crippen LogP contribution >= 0.6 is 0 Å². The number of imide groups is 1. The average Bonchev–Trinajstić information content (AvgIpc) is 2.91. The highest BCUT2D eigenvalue weighted by Gasteiger charge is 2.32. The Kier molecular flexibility index (Phi) is 8.27. The fourth-order valence-corrected chi connectivity index (χ4v) is 6.37. The molecule has 1 saturated carbocycles. The van der Waals surface area contributed by atoms with Gasteiger partial charge in [-0.05, 0) is 94.5 Å². The van der Waals surface area contributed by atoms with E-state index in [-0.39, 0.29) is 42.2 Å². The molecule has 8 nitrogen and oxygen atoms in total. The van der Waals surface area contributed by atoms with Crippen LogP contribution in [-0.4, -0.2) is 72.1 Å². The van der Waals surface area contributed by atoms with E-state index in [1.54, 1.807) is 0 Å². The number of amides is 3. The smallest absolute Gasteiger partial charge is 0.410 e. The minimum atomic E-state index is -0.522. The van der Waals surface area contributed by atoms with Gasteiger partial charge in [0.25, 0.3) is 0 Å². The van der Waals surface area contributed by atoms with Crippen molar-refractivity contribution in [1.29, 1.82) is 0 Å². The molecule has 1 aromatic carbocycles. The van der Waals surface area contributed by atoms with Gasteiger partial charge < -0.3 is 19.9 Å². The molecule has 3 amide bonds. The monoisotopic (exact) mass is 514 g/mol. The Morgan fingerprint density at radius 1 is 0.946 bits per heavy atom. The standard InChI is InChI=1S/C28H39FN4O4/c29-24-18-20(30-25-8-9-26(34)31-27(25)35)6-7-23(24)19-10-14-32(15-11-19)21-12-16-33(17-13-21)28(36)37-22-4-2-1-3-5-22/h6-7,18-19,21-22,25,30H,1-5,8-17H2,(H,31,34,35). The second-order valence-corrected chi connectivity index (χ2v) is 11.1. The maximum Gasteiger partial charge on any atom is 0.410 e. The van der Waals surface area contributed by atoms with Crippen LogP contribution in [0.2, 0.25) is 0 Å². The zero-order valence-corrected chi connectivity index (χ0v) is 21.6. The summed E-state index contributed by atoms with van der Waals surface area (Å²) in [6.45, 7) is 3.34. The molecule has 0 aromatic heterocycles. The van der Waals surface area contributed by atoms with E-state index in [0.717, 1.165) is 83.1 Å². The molecule has 3 aliphatic heterocycles. The van der Waals surface area contributed by atoms with Crippen molar-refractivity contribution < 1.29 is 23.5 Å². The highest BCUT2D eigenvalue weighted by molar-refractivity contribution is 6.01. The summed E-state index contributed by atoms with van der Waals surface area (Å²) in [7, 11) is 0. The lowest BCUT2D eigenvalue weighted by molar-refractivity contribution is -0.133. The molecule has 9 heteroatoms. The molecule has 1 aliphatic carbocycles. The van der Waals surface area contributed by atoms with Crippen molar-refractivity contribution in [3.05, 3.63) is 29.6 Å². The number of nitrogens with one attached hydrogen (secondary N) is 2. The first kappa shape index (κ1) is 25.9. The Hall–Kier alpha value is -2.68. The number of rotatable bonds is 5. The van der Waals surface area contributed by atoms with E-state index in [1.807, 2.05) is 17.0 Å². The third-order valence-electron chi connectivity index (χ3n) is 8.61. The van der Waals surface area contributed by atoms with Crippen molar-refractivity contribution in [2.24, 2.45) is 0 Å². The van der Waals surface area contributed by atoms with Gasteiger partial charge in [-0.3, -0.25) is 14.9 Å². The van der Waals surface area contributed by atoms with Crippen molar-refractivity contribution in [2.45, 2.75) is 94.7 Å². The molecule has 0 bridgehead atoms. The molecule has 0 spiro atoms. The Labute approximate surface area is 218 Å². The highest BCUT2D eigenvalue weighted by atomic mass is 19.1. The number of hydrogen-bond acceptors (Lipinski definition) is 6. The van der Waals surface area contributed by atoms with Crippen LogP contribution in [0, 0.1) is 5.82 Å². The molecule has 3 saturated heterocycles. The van der Waals surface area contributed by atoms with Crippen LogP contribution in [0.4, 0.5) is 14.9 Å². The van der Waals surface area contributed by atoms with E-state index in [4.69, 9.17) is 4.74 Å². The van der Waals surface area contributed by atoms with Crippen LogP contribution in [0.15, 0.2) is 18.2 Å². The fourth-order valence-electron chi connectivity index (χ4n) is 6.37. The molecule has 37 heavy (non-hydrogen) atoms. The summed E-state index contributed by atoms with van der Waals surface area (Å²) >= 11 is 0. The van der Waals surface area contributed by atoms with Crippen molar-refractivity contribution in [1.82, 2.24) is 15.1 Å². The van der Waals surface area contributed by atoms with Crippen LogP contribution in [0.3, 0.4) is 0 Å². The summed E-state index contributed by atoms with van der Waals surface area (Å²) in [6, 6.07) is 5.07. The Bertz CT molecular complexity index is 982. The maximum atomic E-state index is 15.0. The number of hydrogen-bond donors (Lipinski definition) is 2. The third-order valence-corrected chi connectivity index (χ3v) is 8.61. The number of halogens is 1. The van der Waals surface area contributed by atoms with Crippen LogP contribution in [0.5, 0.6) is 0 Å². The fraction of sp³-hybridized carbons (Fsp3) is 0.679. The lowest BCUT2D eigenvalue weighted by Crippen LogP contribution is -2.49. The molecular weight excluding hydrogens is 475 g/mol. The molecule has 3 heterocycles. The summed E-state index contributed by atoms with van der Waals surface area (Å²) in [4.78, 5) is 40.3. The van der Waals surface area contributed by atoms with Crippen molar-refractivity contribution in [3.63, 3.8) is 0 Å². The predicted octanol–water partition coefficient (Wildman–Crippen LogP) is 4.16. The lowest BCUT2D eigenvalue weighted by Gasteiger charge is -2.42. The molecule has 202 valence electrons. The predicted molar refractivity (Wildman–Crippen MR) is 138 cm³/mol. The van der Waals surface area contributed by atoms with Crippen LogP contribution < -0.4 is 10.6 Å². The van der Waals surface area contributed by atoms with Crippen molar-refractivity contribution in [2.75, 3.05) is 31.5 Å². The summed E-state index contributed by atoms with van der Waals surface area (Å²) in [5, 5.41) is 5.38. The van der Waals surface area contributed by atoms with E-state index in [9.17, 15) is 14.4 Å². The summed E-state index contributed by atoms with van der Waals surface area (Å²) in [6.07, 6.45) is 9.92. The molecule has 4 aliphatic rings. The van der Waals surface area contributed by atoms with Gasteiger partial charge in [-0.15, -0.1) is 0 Å². The van der Waals surface area contributed by atoms with E-state index in [1.165, 1.54) is 12.5 Å². The zero-order chi connectivity index (χ0) is 25.8. The van der Waals surface area contributed by atoms with Gasteiger partial charge in [-0.2, -0.15) is 0 Å². The van der Waals surface area contributed by atoms with Gasteiger partial charge in [-0.1, -0.05) is 12.5 Å².